The van der Waals surface area contributed by atoms with Gasteiger partial charge in [0.1, 0.15) is 11.3 Å². The molecule has 3 nitrogen and oxygen atoms in total. The fourth-order valence-electron chi connectivity index (χ4n) is 2.18. The van der Waals surface area contributed by atoms with Crippen LogP contribution in [0.25, 0.3) is 0 Å². The molecule has 0 aliphatic heterocycles. The molecule has 1 fully saturated rings. The van der Waals surface area contributed by atoms with Crippen LogP contribution in [0.2, 0.25) is 5.15 Å². The molecule has 0 saturated heterocycles. The Labute approximate surface area is 117 Å². The molecule has 1 aliphatic carbocycles. The summed E-state index contributed by atoms with van der Waals surface area (Å²) in [6.07, 6.45) is 2.11. The van der Waals surface area contributed by atoms with Crippen molar-refractivity contribution in [3.05, 3.63) is 58.6 Å². The van der Waals surface area contributed by atoms with E-state index >= 15 is 0 Å². The Balaban J connectivity index is 1.99. The smallest absolute Gasteiger partial charge is 0.163 e. The minimum Gasteiger partial charge on any atom is -0.369 e. The lowest BCUT2D eigenvalue weighted by molar-refractivity contribution is 0.129. The lowest BCUT2D eigenvalue weighted by atomic mass is 10.1. The van der Waals surface area contributed by atoms with Gasteiger partial charge in [0, 0.05) is 18.7 Å². The van der Waals surface area contributed by atoms with Crippen LogP contribution >= 0.6 is 11.6 Å². The van der Waals surface area contributed by atoms with Crippen molar-refractivity contribution in [3.63, 3.8) is 0 Å². The zero-order valence-electron chi connectivity index (χ0n) is 10.7. The third-order valence-electron chi connectivity index (χ3n) is 3.30. The highest BCUT2D eigenvalue weighted by atomic mass is 35.5. The van der Waals surface area contributed by atoms with Crippen LogP contribution in [0, 0.1) is 0 Å². The van der Waals surface area contributed by atoms with Gasteiger partial charge in [0.05, 0.1) is 0 Å². The lowest BCUT2D eigenvalue weighted by Gasteiger charge is -2.15. The topological polar surface area (TPSA) is 35.0 Å². The molecule has 0 N–H and O–H groups in total. The first-order chi connectivity index (χ1) is 9.28. The summed E-state index contributed by atoms with van der Waals surface area (Å²) in [7, 11) is 1.67. The van der Waals surface area contributed by atoms with Crippen LogP contribution in [0.4, 0.5) is 0 Å². The highest BCUT2D eigenvalue weighted by Gasteiger charge is 2.27. The van der Waals surface area contributed by atoms with Crippen LogP contribution in [0.15, 0.2) is 36.4 Å². The van der Waals surface area contributed by atoms with E-state index in [1.54, 1.807) is 7.11 Å². The van der Waals surface area contributed by atoms with E-state index in [0.717, 1.165) is 11.3 Å². The van der Waals surface area contributed by atoms with Crippen molar-refractivity contribution in [2.75, 3.05) is 7.11 Å². The largest absolute Gasteiger partial charge is 0.369 e. The zero-order chi connectivity index (χ0) is 13.2. The SMILES string of the molecule is COC(c1ccccc1)c1nc(Cl)cc(C2CC2)n1. The Morgan fingerprint density at radius 2 is 1.95 bits per heavy atom. The molecule has 2 aromatic rings. The van der Waals surface area contributed by atoms with Crippen LogP contribution < -0.4 is 0 Å². The fraction of sp³-hybridized carbons (Fsp3) is 0.333. The van der Waals surface area contributed by atoms with Crippen molar-refractivity contribution in [3.8, 4) is 0 Å². The third kappa shape index (κ3) is 2.77. The molecule has 1 unspecified atom stereocenters. The number of benzene rings is 1. The highest BCUT2D eigenvalue weighted by molar-refractivity contribution is 6.29. The number of halogens is 1. The molecule has 0 bridgehead atoms. The van der Waals surface area contributed by atoms with Crippen molar-refractivity contribution in [2.45, 2.75) is 24.9 Å². The summed E-state index contributed by atoms with van der Waals surface area (Å²) in [6.45, 7) is 0. The van der Waals surface area contributed by atoms with Gasteiger partial charge in [-0.15, -0.1) is 0 Å². The van der Waals surface area contributed by atoms with Gasteiger partial charge in [-0.2, -0.15) is 0 Å². The Morgan fingerprint density at radius 1 is 1.21 bits per heavy atom. The van der Waals surface area contributed by atoms with E-state index < -0.39 is 0 Å². The monoisotopic (exact) mass is 274 g/mol. The number of hydrogen-bond acceptors (Lipinski definition) is 3. The first-order valence-corrected chi connectivity index (χ1v) is 6.78. The van der Waals surface area contributed by atoms with Crippen LogP contribution in [0.1, 0.15) is 41.9 Å². The summed E-state index contributed by atoms with van der Waals surface area (Å²) < 4.78 is 5.55. The van der Waals surface area contributed by atoms with Crippen LogP contribution in [0.5, 0.6) is 0 Å². The van der Waals surface area contributed by atoms with Gasteiger partial charge in [0.15, 0.2) is 5.82 Å². The minimum absolute atomic E-state index is 0.266. The number of aromatic nitrogens is 2. The third-order valence-corrected chi connectivity index (χ3v) is 3.49. The summed E-state index contributed by atoms with van der Waals surface area (Å²) in [5, 5.41) is 0.491. The first-order valence-electron chi connectivity index (χ1n) is 6.40. The average Bonchev–Trinajstić information content (AvgIpc) is 3.24. The van der Waals surface area contributed by atoms with Gasteiger partial charge in [-0.1, -0.05) is 41.9 Å². The quantitative estimate of drug-likeness (QED) is 0.797. The second kappa shape index (κ2) is 5.27. The minimum atomic E-state index is -0.266. The van der Waals surface area contributed by atoms with Gasteiger partial charge in [-0.25, -0.2) is 9.97 Å². The summed E-state index contributed by atoms with van der Waals surface area (Å²) >= 11 is 6.10. The van der Waals surface area contributed by atoms with Crippen molar-refractivity contribution >= 4 is 11.6 Å². The Hall–Kier alpha value is -1.45. The maximum absolute atomic E-state index is 6.10. The van der Waals surface area contributed by atoms with Gasteiger partial charge in [-0.3, -0.25) is 0 Å². The molecule has 0 radical (unpaired) electrons. The first kappa shape index (κ1) is 12.6. The zero-order valence-corrected chi connectivity index (χ0v) is 11.5. The molecular weight excluding hydrogens is 260 g/mol. The molecule has 98 valence electrons. The molecule has 4 heteroatoms. The van der Waals surface area contributed by atoms with Gasteiger partial charge >= 0.3 is 0 Å². The van der Waals surface area contributed by atoms with Gasteiger partial charge < -0.3 is 4.74 Å². The van der Waals surface area contributed by atoms with Crippen LogP contribution in [-0.4, -0.2) is 17.1 Å². The molecule has 3 rings (SSSR count). The van der Waals surface area contributed by atoms with E-state index in [1.165, 1.54) is 12.8 Å². The van der Waals surface area contributed by atoms with Crippen LogP contribution in [-0.2, 0) is 4.74 Å². The van der Waals surface area contributed by atoms with Gasteiger partial charge in [-0.05, 0) is 24.5 Å². The van der Waals surface area contributed by atoms with E-state index in [-0.39, 0.29) is 6.10 Å². The molecule has 1 heterocycles. The summed E-state index contributed by atoms with van der Waals surface area (Å²) in [5.41, 5.74) is 2.07. The molecule has 1 aromatic carbocycles. The number of ether oxygens (including phenoxy) is 1. The van der Waals surface area contributed by atoms with E-state index in [0.29, 0.717) is 16.9 Å². The molecule has 1 atom stereocenters. The van der Waals surface area contributed by atoms with Crippen molar-refractivity contribution in [1.29, 1.82) is 0 Å². The molecule has 0 spiro atoms. The summed E-state index contributed by atoms with van der Waals surface area (Å²) in [4.78, 5) is 8.94. The maximum Gasteiger partial charge on any atom is 0.163 e. The standard InChI is InChI=1S/C15H15ClN2O/c1-19-14(11-5-3-2-4-6-11)15-17-12(10-7-8-10)9-13(16)18-15/h2-6,9-10,14H,7-8H2,1H3. The number of methoxy groups -OCH3 is 1. The van der Waals surface area contributed by atoms with E-state index in [1.807, 2.05) is 36.4 Å². The average molecular weight is 275 g/mol. The van der Waals surface area contributed by atoms with E-state index in [2.05, 4.69) is 9.97 Å². The van der Waals surface area contributed by atoms with Crippen molar-refractivity contribution in [1.82, 2.24) is 9.97 Å². The predicted octanol–water partition coefficient (Wildman–Crippen LogP) is 3.74. The molecule has 0 amide bonds. The molecular formula is C15H15ClN2O. The Kier molecular flexibility index (Phi) is 3.49. The predicted molar refractivity (Wildman–Crippen MR) is 74.3 cm³/mol. The highest BCUT2D eigenvalue weighted by Crippen LogP contribution is 2.40. The lowest BCUT2D eigenvalue weighted by Crippen LogP contribution is -2.09. The molecule has 1 saturated carbocycles. The Bertz CT molecular complexity index is 570. The Morgan fingerprint density at radius 3 is 2.58 bits per heavy atom. The number of hydrogen-bond donors (Lipinski definition) is 0. The van der Waals surface area contributed by atoms with Crippen LogP contribution in [0.3, 0.4) is 0 Å². The number of nitrogens with zero attached hydrogens (tertiary/aromatic N) is 2. The molecule has 19 heavy (non-hydrogen) atoms. The second-order valence-corrected chi connectivity index (χ2v) is 5.16. The van der Waals surface area contributed by atoms with Gasteiger partial charge in [0.2, 0.25) is 0 Å². The fourth-order valence-corrected chi connectivity index (χ4v) is 2.38. The van der Waals surface area contributed by atoms with E-state index in [4.69, 9.17) is 16.3 Å². The van der Waals surface area contributed by atoms with Gasteiger partial charge in [0.25, 0.3) is 0 Å². The van der Waals surface area contributed by atoms with Crippen molar-refractivity contribution in [2.24, 2.45) is 0 Å². The maximum atomic E-state index is 6.10. The normalized spacial score (nSPS) is 16.3. The summed E-state index contributed by atoms with van der Waals surface area (Å²) in [5.74, 6) is 1.19. The van der Waals surface area contributed by atoms with E-state index in [9.17, 15) is 0 Å². The number of rotatable bonds is 4. The second-order valence-electron chi connectivity index (χ2n) is 4.77. The summed E-state index contributed by atoms with van der Waals surface area (Å²) in [6, 6.07) is 11.8. The molecule has 1 aromatic heterocycles. The molecule has 1 aliphatic rings. The van der Waals surface area contributed by atoms with Crippen molar-refractivity contribution < 1.29 is 4.74 Å².